The van der Waals surface area contributed by atoms with Gasteiger partial charge >= 0.3 is 0 Å². The molecule has 0 atom stereocenters. The Balaban J connectivity index is 1.71. The Morgan fingerprint density at radius 3 is 2.67 bits per heavy atom. The summed E-state index contributed by atoms with van der Waals surface area (Å²) in [5.41, 5.74) is 0.174. The summed E-state index contributed by atoms with van der Waals surface area (Å²) in [6.07, 6.45) is 2.01. The van der Waals surface area contributed by atoms with Crippen LogP contribution in [0.3, 0.4) is 0 Å². The van der Waals surface area contributed by atoms with Gasteiger partial charge in [-0.05, 0) is 24.3 Å². The van der Waals surface area contributed by atoms with E-state index in [1.165, 1.54) is 0 Å². The number of aromatic hydroxyl groups is 1. The molecule has 2 aromatic carbocycles. The summed E-state index contributed by atoms with van der Waals surface area (Å²) in [4.78, 5) is 23.6. The molecule has 0 aromatic heterocycles. The topological polar surface area (TPSA) is 78.4 Å². The zero-order valence-electron chi connectivity index (χ0n) is 11.4. The van der Waals surface area contributed by atoms with Crippen molar-refractivity contribution in [3.05, 3.63) is 42.0 Å². The first-order chi connectivity index (χ1) is 10.1. The van der Waals surface area contributed by atoms with Gasteiger partial charge in [0.2, 0.25) is 5.91 Å². The lowest BCUT2D eigenvalue weighted by Gasteiger charge is -2.09. The maximum Gasteiger partial charge on any atom is 0.255 e. The van der Waals surface area contributed by atoms with E-state index < -0.39 is 5.91 Å². The summed E-state index contributed by atoms with van der Waals surface area (Å²) in [5.74, 6) is -0.719. The Morgan fingerprint density at radius 1 is 1.14 bits per heavy atom. The van der Waals surface area contributed by atoms with Crippen LogP contribution < -0.4 is 10.6 Å². The third-order valence-corrected chi connectivity index (χ3v) is 3.50. The van der Waals surface area contributed by atoms with Crippen LogP contribution in [0.4, 0.5) is 0 Å². The van der Waals surface area contributed by atoms with E-state index >= 15 is 0 Å². The summed E-state index contributed by atoms with van der Waals surface area (Å²) in [7, 11) is 0. The van der Waals surface area contributed by atoms with Gasteiger partial charge in [0.05, 0.1) is 12.1 Å². The van der Waals surface area contributed by atoms with Crippen LogP contribution in [0.1, 0.15) is 23.2 Å². The first-order valence-corrected chi connectivity index (χ1v) is 6.93. The highest BCUT2D eigenvalue weighted by Gasteiger charge is 2.23. The fourth-order valence-electron chi connectivity index (χ4n) is 2.20. The number of hydrogen-bond acceptors (Lipinski definition) is 3. The molecule has 1 fully saturated rings. The predicted molar refractivity (Wildman–Crippen MR) is 79.1 cm³/mol. The van der Waals surface area contributed by atoms with Crippen LogP contribution in [0.25, 0.3) is 10.8 Å². The van der Waals surface area contributed by atoms with Gasteiger partial charge in [0.25, 0.3) is 5.91 Å². The van der Waals surface area contributed by atoms with Crippen molar-refractivity contribution in [2.24, 2.45) is 0 Å². The minimum Gasteiger partial charge on any atom is -0.506 e. The van der Waals surface area contributed by atoms with E-state index in [-0.39, 0.29) is 29.8 Å². The quantitative estimate of drug-likeness (QED) is 0.797. The number of fused-ring (bicyclic) bond motifs is 1. The lowest BCUT2D eigenvalue weighted by molar-refractivity contribution is -0.120. The first-order valence-electron chi connectivity index (χ1n) is 6.93. The van der Waals surface area contributed by atoms with Crippen molar-refractivity contribution in [2.45, 2.75) is 18.9 Å². The van der Waals surface area contributed by atoms with Crippen LogP contribution in [0.15, 0.2) is 36.4 Å². The molecule has 0 radical (unpaired) electrons. The second-order valence-electron chi connectivity index (χ2n) is 5.21. The van der Waals surface area contributed by atoms with Gasteiger partial charge in [-0.15, -0.1) is 0 Å². The third-order valence-electron chi connectivity index (χ3n) is 3.50. The summed E-state index contributed by atoms with van der Waals surface area (Å²) in [6, 6.07) is 10.9. The number of phenolic OH excluding ortho intramolecular Hbond substituents is 1. The van der Waals surface area contributed by atoms with Crippen LogP contribution in [0.2, 0.25) is 0 Å². The Labute approximate surface area is 122 Å². The van der Waals surface area contributed by atoms with Crippen LogP contribution in [0, 0.1) is 0 Å². The van der Waals surface area contributed by atoms with E-state index in [0.29, 0.717) is 5.39 Å². The Hall–Kier alpha value is -2.56. The molecule has 1 saturated carbocycles. The van der Waals surface area contributed by atoms with Crippen molar-refractivity contribution in [3.8, 4) is 5.75 Å². The van der Waals surface area contributed by atoms with Crippen LogP contribution in [0.5, 0.6) is 5.75 Å². The standard InChI is InChI=1S/C16H16N2O3/c19-14(18-11-6-7-11)9-17-16(21)13-8-5-10-3-1-2-4-12(10)15(13)20/h1-5,8,11,20H,6-7,9H2,(H,17,21)(H,18,19). The zero-order valence-corrected chi connectivity index (χ0v) is 11.4. The Morgan fingerprint density at radius 2 is 1.90 bits per heavy atom. The summed E-state index contributed by atoms with van der Waals surface area (Å²) in [6.45, 7) is -0.0817. The highest BCUT2D eigenvalue weighted by atomic mass is 16.3. The molecule has 0 heterocycles. The second kappa shape index (κ2) is 5.44. The molecule has 0 saturated heterocycles. The monoisotopic (exact) mass is 284 g/mol. The van der Waals surface area contributed by atoms with Crippen LogP contribution >= 0.6 is 0 Å². The molecule has 1 aliphatic rings. The first kappa shape index (κ1) is 13.4. The largest absolute Gasteiger partial charge is 0.506 e. The van der Waals surface area contributed by atoms with E-state index in [9.17, 15) is 14.7 Å². The van der Waals surface area contributed by atoms with Crippen LogP contribution in [-0.2, 0) is 4.79 Å². The Bertz CT molecular complexity index is 708. The molecular weight excluding hydrogens is 268 g/mol. The minimum atomic E-state index is -0.454. The maximum absolute atomic E-state index is 12.1. The van der Waals surface area contributed by atoms with Gasteiger partial charge in [-0.25, -0.2) is 0 Å². The number of nitrogens with one attached hydrogen (secondary N) is 2. The van der Waals surface area contributed by atoms with E-state index in [0.717, 1.165) is 18.2 Å². The molecule has 2 aromatic rings. The lowest BCUT2D eigenvalue weighted by atomic mass is 10.0. The number of carbonyl (C=O) groups excluding carboxylic acids is 2. The molecule has 21 heavy (non-hydrogen) atoms. The van der Waals surface area contributed by atoms with E-state index in [1.54, 1.807) is 24.3 Å². The molecular formula is C16H16N2O3. The fourth-order valence-corrected chi connectivity index (χ4v) is 2.20. The number of phenols is 1. The van der Waals surface area contributed by atoms with Gasteiger partial charge in [0.15, 0.2) is 0 Å². The minimum absolute atomic E-state index is 0.0619. The van der Waals surface area contributed by atoms with Crippen molar-refractivity contribution >= 4 is 22.6 Å². The van der Waals surface area contributed by atoms with E-state index in [2.05, 4.69) is 10.6 Å². The molecule has 0 bridgehead atoms. The third kappa shape index (κ3) is 2.97. The zero-order chi connectivity index (χ0) is 14.8. The van der Waals surface area contributed by atoms with E-state index in [4.69, 9.17) is 0 Å². The Kier molecular flexibility index (Phi) is 3.48. The maximum atomic E-state index is 12.1. The number of benzene rings is 2. The number of rotatable bonds is 4. The second-order valence-corrected chi connectivity index (χ2v) is 5.21. The van der Waals surface area contributed by atoms with Gasteiger partial charge in [0.1, 0.15) is 5.75 Å². The van der Waals surface area contributed by atoms with Crippen LogP contribution in [-0.4, -0.2) is 29.5 Å². The van der Waals surface area contributed by atoms with Crippen molar-refractivity contribution < 1.29 is 14.7 Å². The van der Waals surface area contributed by atoms with E-state index in [1.807, 2.05) is 12.1 Å². The molecule has 1 aliphatic carbocycles. The van der Waals surface area contributed by atoms with Crippen molar-refractivity contribution in [2.75, 3.05) is 6.54 Å². The van der Waals surface area contributed by atoms with Gasteiger partial charge in [-0.2, -0.15) is 0 Å². The smallest absolute Gasteiger partial charge is 0.255 e. The highest BCUT2D eigenvalue weighted by Crippen LogP contribution is 2.28. The molecule has 3 rings (SSSR count). The molecule has 0 spiro atoms. The van der Waals surface area contributed by atoms with Crippen molar-refractivity contribution in [1.82, 2.24) is 10.6 Å². The van der Waals surface area contributed by atoms with Gasteiger partial charge in [-0.1, -0.05) is 30.3 Å². The van der Waals surface area contributed by atoms with Gasteiger partial charge < -0.3 is 15.7 Å². The summed E-state index contributed by atoms with van der Waals surface area (Å²) >= 11 is 0. The normalized spacial score (nSPS) is 13.9. The molecule has 5 nitrogen and oxygen atoms in total. The predicted octanol–water partition coefficient (Wildman–Crippen LogP) is 1.55. The summed E-state index contributed by atoms with van der Waals surface area (Å²) < 4.78 is 0. The number of amides is 2. The van der Waals surface area contributed by atoms with Crippen molar-refractivity contribution in [1.29, 1.82) is 0 Å². The molecule has 3 N–H and O–H groups in total. The number of carbonyl (C=O) groups is 2. The van der Waals surface area contributed by atoms with Gasteiger partial charge in [-0.3, -0.25) is 9.59 Å². The fraction of sp³-hybridized carbons (Fsp3) is 0.250. The van der Waals surface area contributed by atoms with Gasteiger partial charge in [0, 0.05) is 11.4 Å². The molecule has 5 heteroatoms. The van der Waals surface area contributed by atoms with Crippen molar-refractivity contribution in [3.63, 3.8) is 0 Å². The SMILES string of the molecule is O=C(CNC(=O)c1ccc2ccccc2c1O)NC1CC1. The molecule has 2 amide bonds. The average Bonchev–Trinajstić information content (AvgIpc) is 3.29. The lowest BCUT2D eigenvalue weighted by Crippen LogP contribution is -2.37. The molecule has 108 valence electrons. The average molecular weight is 284 g/mol. The molecule has 0 unspecified atom stereocenters. The summed E-state index contributed by atoms with van der Waals surface area (Å²) in [5, 5.41) is 17.0. The number of hydrogen-bond donors (Lipinski definition) is 3. The molecule has 0 aliphatic heterocycles. The highest BCUT2D eigenvalue weighted by molar-refractivity contribution is 6.04.